The minimum Gasteiger partial charge on any atom is -0.493 e. The van der Waals surface area contributed by atoms with Crippen molar-refractivity contribution in [3.63, 3.8) is 0 Å². The summed E-state index contributed by atoms with van der Waals surface area (Å²) in [5.41, 5.74) is 4.48. The van der Waals surface area contributed by atoms with Crippen LogP contribution in [0.2, 0.25) is 0 Å². The number of para-hydroxylation sites is 1. The van der Waals surface area contributed by atoms with E-state index in [1.165, 1.54) is 0 Å². The first-order valence-electron chi connectivity index (χ1n) is 15.0. The molecule has 0 spiro atoms. The minimum atomic E-state index is -2.56. The van der Waals surface area contributed by atoms with Crippen molar-refractivity contribution in [1.29, 1.82) is 0 Å². The van der Waals surface area contributed by atoms with Crippen molar-refractivity contribution in [1.82, 2.24) is 14.3 Å². The average molecular weight is 600 g/mol. The molecule has 0 saturated carbocycles. The fourth-order valence-electron chi connectivity index (χ4n) is 6.16. The summed E-state index contributed by atoms with van der Waals surface area (Å²) < 4.78 is 48.8. The van der Waals surface area contributed by atoms with Crippen molar-refractivity contribution in [2.75, 3.05) is 19.8 Å². The van der Waals surface area contributed by atoms with E-state index in [-0.39, 0.29) is 13.2 Å². The monoisotopic (exact) mass is 599 g/mol. The standard InChI is InChI=1S/C35H35F2N3O4/c1-3-43-35(41)34-26(16-10-20-44-30-17-8-12-23-11-4-5-13-24(23)30)25-14-9-15-27-32-28(21-31(36)37)38-39(2)29(32)22-42-19-7-6-18-40(34)33(25)27/h4-9,11-15,17,31H,3,10,16,18-22H2,1-2H3/b7-6-. The van der Waals surface area contributed by atoms with Gasteiger partial charge in [0.15, 0.2) is 0 Å². The van der Waals surface area contributed by atoms with Crippen LogP contribution in [0.5, 0.6) is 5.75 Å². The molecule has 0 N–H and O–H groups in total. The predicted octanol–water partition coefficient (Wildman–Crippen LogP) is 7.28. The van der Waals surface area contributed by atoms with Gasteiger partial charge in [-0.1, -0.05) is 66.7 Å². The number of nitrogens with zero attached hydrogens (tertiary/aromatic N) is 3. The van der Waals surface area contributed by atoms with E-state index in [0.717, 1.165) is 38.6 Å². The summed E-state index contributed by atoms with van der Waals surface area (Å²) in [6.45, 7) is 3.40. The first-order valence-corrected chi connectivity index (χ1v) is 15.0. The van der Waals surface area contributed by atoms with Crippen LogP contribution in [0.3, 0.4) is 0 Å². The predicted molar refractivity (Wildman–Crippen MR) is 166 cm³/mol. The first kappa shape index (κ1) is 29.6. The fourth-order valence-corrected chi connectivity index (χ4v) is 6.16. The Hall–Kier alpha value is -4.50. The molecule has 6 rings (SSSR count). The third kappa shape index (κ3) is 5.71. The lowest BCUT2D eigenvalue weighted by atomic mass is 9.97. The third-order valence-electron chi connectivity index (χ3n) is 8.00. The molecule has 0 fully saturated rings. The normalized spacial score (nSPS) is 14.0. The summed E-state index contributed by atoms with van der Waals surface area (Å²) in [5, 5.41) is 7.52. The van der Waals surface area contributed by atoms with Gasteiger partial charge in [0.1, 0.15) is 11.4 Å². The fraction of sp³-hybridized carbons (Fsp3) is 0.314. The van der Waals surface area contributed by atoms with Crippen molar-refractivity contribution < 1.29 is 27.8 Å². The molecule has 0 atom stereocenters. The van der Waals surface area contributed by atoms with Gasteiger partial charge >= 0.3 is 5.97 Å². The summed E-state index contributed by atoms with van der Waals surface area (Å²) in [6.07, 6.45) is 2.03. The number of allylic oxidation sites excluding steroid dienone is 1. The molecule has 5 aromatic rings. The van der Waals surface area contributed by atoms with Crippen molar-refractivity contribution >= 4 is 27.6 Å². The van der Waals surface area contributed by atoms with E-state index in [0.29, 0.717) is 55.2 Å². The number of carbonyl (C=O) groups is 1. The van der Waals surface area contributed by atoms with Gasteiger partial charge in [-0.2, -0.15) is 5.10 Å². The van der Waals surface area contributed by atoms with Crippen LogP contribution in [0.15, 0.2) is 72.8 Å². The molecule has 0 amide bonds. The number of fused-ring (bicyclic) bond motifs is 3. The van der Waals surface area contributed by atoms with E-state index in [2.05, 4.69) is 17.2 Å². The highest BCUT2D eigenvalue weighted by atomic mass is 19.3. The molecule has 0 aliphatic carbocycles. The molecule has 44 heavy (non-hydrogen) atoms. The van der Waals surface area contributed by atoms with Crippen LogP contribution in [-0.2, 0) is 42.5 Å². The zero-order valence-corrected chi connectivity index (χ0v) is 24.9. The van der Waals surface area contributed by atoms with E-state index < -0.39 is 18.8 Å². The first-order chi connectivity index (χ1) is 21.5. The van der Waals surface area contributed by atoms with Gasteiger partial charge in [0.05, 0.1) is 49.8 Å². The summed E-state index contributed by atoms with van der Waals surface area (Å²) >= 11 is 0. The number of halogens is 2. The molecule has 1 aliphatic heterocycles. The molecule has 1 aliphatic rings. The molecule has 2 aromatic heterocycles. The maximum atomic E-state index is 13.8. The van der Waals surface area contributed by atoms with Gasteiger partial charge in [-0.25, -0.2) is 13.6 Å². The largest absolute Gasteiger partial charge is 0.493 e. The van der Waals surface area contributed by atoms with Gasteiger partial charge in [0.2, 0.25) is 6.43 Å². The maximum Gasteiger partial charge on any atom is 0.355 e. The maximum absolute atomic E-state index is 13.8. The van der Waals surface area contributed by atoms with Gasteiger partial charge in [0, 0.05) is 35.5 Å². The molecule has 0 unspecified atom stereocenters. The lowest BCUT2D eigenvalue weighted by Gasteiger charge is -2.13. The number of carbonyl (C=O) groups excluding carboxylic acids is 1. The molecule has 228 valence electrons. The van der Waals surface area contributed by atoms with Crippen LogP contribution in [0, 0.1) is 0 Å². The Bertz CT molecular complexity index is 1830. The number of rotatable bonds is 9. The Balaban J connectivity index is 1.45. The van der Waals surface area contributed by atoms with Gasteiger partial charge in [-0.15, -0.1) is 0 Å². The molecule has 0 radical (unpaired) electrons. The second-order valence-electron chi connectivity index (χ2n) is 10.8. The van der Waals surface area contributed by atoms with Crippen LogP contribution >= 0.6 is 0 Å². The van der Waals surface area contributed by atoms with Gasteiger partial charge in [0.25, 0.3) is 0 Å². The number of esters is 1. The summed E-state index contributed by atoms with van der Waals surface area (Å²) in [7, 11) is 1.75. The zero-order chi connectivity index (χ0) is 30.6. The van der Waals surface area contributed by atoms with Crippen molar-refractivity contribution in [3.05, 3.63) is 95.5 Å². The molecule has 9 heteroatoms. The number of alkyl halides is 2. The summed E-state index contributed by atoms with van der Waals surface area (Å²) in [4.78, 5) is 13.6. The number of benzene rings is 3. The Morgan fingerprint density at radius 2 is 1.84 bits per heavy atom. The van der Waals surface area contributed by atoms with Crippen LogP contribution < -0.4 is 4.74 Å². The van der Waals surface area contributed by atoms with E-state index >= 15 is 0 Å². The molecular weight excluding hydrogens is 564 g/mol. The van der Waals surface area contributed by atoms with Crippen molar-refractivity contribution in [2.45, 2.75) is 45.8 Å². The van der Waals surface area contributed by atoms with Gasteiger partial charge < -0.3 is 18.8 Å². The van der Waals surface area contributed by atoms with Crippen LogP contribution in [0.4, 0.5) is 8.78 Å². The SMILES string of the molecule is CCOC(=O)c1c(CCCOc2cccc3ccccc23)c2cccc3c2n1C/C=C\COCc1c-3c(CC(F)F)nn1C. The molecule has 3 heterocycles. The van der Waals surface area contributed by atoms with Crippen molar-refractivity contribution in [2.24, 2.45) is 7.05 Å². The molecular formula is C35H35F2N3O4. The quantitative estimate of drug-likeness (QED) is 0.101. The highest BCUT2D eigenvalue weighted by Crippen LogP contribution is 2.39. The number of hydrogen-bond acceptors (Lipinski definition) is 5. The van der Waals surface area contributed by atoms with Crippen LogP contribution in [0.25, 0.3) is 32.8 Å². The number of ether oxygens (including phenoxy) is 3. The van der Waals surface area contributed by atoms with Crippen molar-refractivity contribution in [3.8, 4) is 16.9 Å². The summed E-state index contributed by atoms with van der Waals surface area (Å²) in [6, 6.07) is 19.9. The Labute approximate surface area is 254 Å². The Morgan fingerprint density at radius 3 is 2.68 bits per heavy atom. The molecule has 3 aromatic carbocycles. The number of aromatic nitrogens is 3. The molecule has 0 saturated heterocycles. The van der Waals surface area contributed by atoms with E-state index in [1.54, 1.807) is 18.7 Å². The van der Waals surface area contributed by atoms with E-state index in [1.807, 2.05) is 65.3 Å². The number of hydrogen-bond donors (Lipinski definition) is 0. The summed E-state index contributed by atoms with van der Waals surface area (Å²) in [5.74, 6) is 0.397. The Kier molecular flexibility index (Phi) is 8.74. The lowest BCUT2D eigenvalue weighted by molar-refractivity contribution is 0.0513. The smallest absolute Gasteiger partial charge is 0.355 e. The third-order valence-corrected chi connectivity index (χ3v) is 8.00. The average Bonchev–Trinajstić information content (AvgIpc) is 3.48. The van der Waals surface area contributed by atoms with Crippen LogP contribution in [-0.4, -0.2) is 46.6 Å². The highest BCUT2D eigenvalue weighted by Gasteiger charge is 2.29. The van der Waals surface area contributed by atoms with E-state index in [9.17, 15) is 13.6 Å². The molecule has 0 bridgehead atoms. The number of aryl methyl sites for hydroxylation is 2. The Morgan fingerprint density at radius 1 is 1.05 bits per heavy atom. The highest BCUT2D eigenvalue weighted by molar-refractivity contribution is 6.05. The van der Waals surface area contributed by atoms with E-state index in [4.69, 9.17) is 14.2 Å². The second kappa shape index (κ2) is 13.0. The lowest BCUT2D eigenvalue weighted by Crippen LogP contribution is -2.14. The van der Waals surface area contributed by atoms with Crippen LogP contribution in [0.1, 0.15) is 40.8 Å². The second-order valence-corrected chi connectivity index (χ2v) is 10.8. The van der Waals surface area contributed by atoms with Gasteiger partial charge in [-0.05, 0) is 36.8 Å². The minimum absolute atomic E-state index is 0.215. The van der Waals surface area contributed by atoms with Gasteiger partial charge in [-0.3, -0.25) is 4.68 Å². The zero-order valence-electron chi connectivity index (χ0n) is 24.9. The molecule has 7 nitrogen and oxygen atoms in total. The topological polar surface area (TPSA) is 67.5 Å².